The summed E-state index contributed by atoms with van der Waals surface area (Å²) >= 11 is 0. The Morgan fingerprint density at radius 1 is 0.273 bits per heavy atom. The summed E-state index contributed by atoms with van der Waals surface area (Å²) in [5, 5.41) is 9.78. The highest BCUT2D eigenvalue weighted by molar-refractivity contribution is 6.33. The second-order valence-electron chi connectivity index (χ2n) is 17.8. The Bertz CT molecular complexity index is 3900. The zero-order valence-corrected chi connectivity index (χ0v) is 36.0. The summed E-state index contributed by atoms with van der Waals surface area (Å²) in [5.41, 5.74) is 18.1. The van der Waals surface area contributed by atoms with Gasteiger partial charge < -0.3 is 4.42 Å². The van der Waals surface area contributed by atoms with E-state index in [9.17, 15) is 0 Å². The summed E-state index contributed by atoms with van der Waals surface area (Å²) in [4.78, 5) is 0. The van der Waals surface area contributed by atoms with Crippen molar-refractivity contribution in [2.45, 2.75) is 5.41 Å². The Kier molecular flexibility index (Phi) is 7.97. The molecule has 0 aliphatic heterocycles. The van der Waals surface area contributed by atoms with Gasteiger partial charge in [-0.05, 0) is 129 Å². The average Bonchev–Trinajstić information content (AvgIpc) is 3.93. The molecule has 14 rings (SSSR count). The van der Waals surface area contributed by atoms with Gasteiger partial charge in [0.05, 0.1) is 5.41 Å². The van der Waals surface area contributed by atoms with Crippen LogP contribution in [0.2, 0.25) is 0 Å². The molecular formula is C65H40O. The molecule has 0 saturated heterocycles. The van der Waals surface area contributed by atoms with Crippen LogP contribution in [0.3, 0.4) is 0 Å². The van der Waals surface area contributed by atoms with Gasteiger partial charge in [0.15, 0.2) is 0 Å². The van der Waals surface area contributed by atoms with Crippen molar-refractivity contribution >= 4 is 54.3 Å². The first-order valence-corrected chi connectivity index (χ1v) is 22.9. The van der Waals surface area contributed by atoms with Gasteiger partial charge in [0.25, 0.3) is 0 Å². The summed E-state index contributed by atoms with van der Waals surface area (Å²) in [5.74, 6) is 0. The van der Waals surface area contributed by atoms with Crippen molar-refractivity contribution in [1.82, 2.24) is 0 Å². The normalized spacial score (nSPS) is 13.0. The van der Waals surface area contributed by atoms with E-state index in [0.29, 0.717) is 0 Å². The minimum absolute atomic E-state index is 0.614. The van der Waals surface area contributed by atoms with E-state index in [2.05, 4.69) is 243 Å². The number of furan rings is 1. The van der Waals surface area contributed by atoms with Crippen molar-refractivity contribution in [3.8, 4) is 55.6 Å². The van der Waals surface area contributed by atoms with Crippen molar-refractivity contribution < 1.29 is 4.42 Å². The Hall–Kier alpha value is -8.52. The van der Waals surface area contributed by atoms with Crippen LogP contribution in [0.1, 0.15) is 22.3 Å². The monoisotopic (exact) mass is 836 g/mol. The highest BCUT2D eigenvalue weighted by Crippen LogP contribution is 2.61. The quantitative estimate of drug-likeness (QED) is 0.152. The Morgan fingerprint density at radius 2 is 0.697 bits per heavy atom. The number of benzene rings is 12. The van der Waals surface area contributed by atoms with Crippen LogP contribution in [-0.4, -0.2) is 0 Å². The second-order valence-corrected chi connectivity index (χ2v) is 17.8. The number of hydrogen-bond acceptors (Lipinski definition) is 1. The minimum atomic E-state index is -0.614. The van der Waals surface area contributed by atoms with E-state index in [0.717, 1.165) is 27.5 Å². The molecule has 0 saturated carbocycles. The molecule has 0 N–H and O–H groups in total. The molecule has 0 bridgehead atoms. The molecule has 1 aromatic heterocycles. The molecule has 66 heavy (non-hydrogen) atoms. The summed E-state index contributed by atoms with van der Waals surface area (Å²) in [7, 11) is 0. The first kappa shape index (κ1) is 36.9. The molecule has 306 valence electrons. The maximum Gasteiger partial charge on any atom is 0.144 e. The van der Waals surface area contributed by atoms with Crippen molar-refractivity contribution in [2.24, 2.45) is 0 Å². The predicted molar refractivity (Wildman–Crippen MR) is 276 cm³/mol. The van der Waals surface area contributed by atoms with Crippen molar-refractivity contribution in [3.63, 3.8) is 0 Å². The fourth-order valence-corrected chi connectivity index (χ4v) is 11.8. The second kappa shape index (κ2) is 14.2. The van der Waals surface area contributed by atoms with Crippen molar-refractivity contribution in [2.75, 3.05) is 0 Å². The van der Waals surface area contributed by atoms with Gasteiger partial charge >= 0.3 is 0 Å². The highest BCUT2D eigenvalue weighted by Gasteiger charge is 2.48. The van der Waals surface area contributed by atoms with Gasteiger partial charge in [0.2, 0.25) is 0 Å². The third-order valence-electron chi connectivity index (χ3n) is 14.5. The van der Waals surface area contributed by atoms with Crippen LogP contribution in [0.4, 0.5) is 0 Å². The maximum absolute atomic E-state index is 7.25. The molecule has 0 fully saturated rings. The lowest BCUT2D eigenvalue weighted by Crippen LogP contribution is -2.28. The standard InChI is InChI=1S/C65H40O/c1-6-20-41(21-7-1)52-38-53(42-22-8-2-9-23-42)47-36-37-49-55(39-54(43-24-10-3-11-25-43)48-35-34-46(52)60(47)61(48)49)56-40-58-63(64-62(56)51-31-17-19-33-59(51)66-64)50-30-16-18-32-57(50)65(58,44-26-12-4-13-27-44)45-28-14-5-15-29-45/h1-40H. The molecule has 0 radical (unpaired) electrons. The predicted octanol–water partition coefficient (Wildman–Crippen LogP) is 17.5. The largest absolute Gasteiger partial charge is 0.455 e. The van der Waals surface area contributed by atoms with Gasteiger partial charge in [-0.25, -0.2) is 0 Å². The Balaban J connectivity index is 1.20. The van der Waals surface area contributed by atoms with Gasteiger partial charge in [-0.15, -0.1) is 0 Å². The molecule has 1 aliphatic carbocycles. The number of fused-ring (bicyclic) bond motifs is 7. The Morgan fingerprint density at radius 3 is 1.23 bits per heavy atom. The maximum atomic E-state index is 7.25. The molecule has 1 aliphatic rings. The molecule has 0 unspecified atom stereocenters. The third kappa shape index (κ3) is 5.11. The van der Waals surface area contributed by atoms with E-state index in [-0.39, 0.29) is 0 Å². The van der Waals surface area contributed by atoms with Crippen molar-refractivity contribution in [1.29, 1.82) is 0 Å². The minimum Gasteiger partial charge on any atom is -0.455 e. The lowest BCUT2D eigenvalue weighted by atomic mass is 9.67. The van der Waals surface area contributed by atoms with E-state index in [1.807, 2.05) is 0 Å². The van der Waals surface area contributed by atoms with Gasteiger partial charge in [-0.3, -0.25) is 0 Å². The lowest BCUT2D eigenvalue weighted by molar-refractivity contribution is 0.669. The summed E-state index contributed by atoms with van der Waals surface area (Å²) in [6, 6.07) is 89.6. The van der Waals surface area contributed by atoms with Crippen LogP contribution in [0.5, 0.6) is 0 Å². The number of hydrogen-bond donors (Lipinski definition) is 0. The molecule has 0 atom stereocenters. The van der Waals surface area contributed by atoms with E-state index < -0.39 is 5.41 Å². The van der Waals surface area contributed by atoms with Crippen LogP contribution in [0.15, 0.2) is 247 Å². The molecule has 0 amide bonds. The van der Waals surface area contributed by atoms with E-state index in [1.165, 1.54) is 105 Å². The average molecular weight is 837 g/mol. The summed E-state index contributed by atoms with van der Waals surface area (Å²) < 4.78 is 7.25. The van der Waals surface area contributed by atoms with Crippen molar-refractivity contribution in [3.05, 3.63) is 265 Å². The van der Waals surface area contributed by atoms with Gasteiger partial charge in [-0.1, -0.05) is 218 Å². The van der Waals surface area contributed by atoms with Crippen LogP contribution in [0, 0.1) is 0 Å². The number of para-hydroxylation sites is 1. The zero-order chi connectivity index (χ0) is 43.3. The Labute approximate surface area is 382 Å². The topological polar surface area (TPSA) is 13.1 Å². The molecule has 1 heterocycles. The fraction of sp³-hybridized carbons (Fsp3) is 0.0154. The SMILES string of the molecule is c1ccc(-c2cc(-c3ccccc3)c3ccc4c(-c5cc6c(c7oc8ccccc8c57)-c5ccccc5C6(c5ccccc5)c5ccccc5)cc(-c5ccccc5)c5ccc2c3c54)cc1. The third-order valence-corrected chi connectivity index (χ3v) is 14.5. The molecule has 0 spiro atoms. The van der Waals surface area contributed by atoms with E-state index in [1.54, 1.807) is 0 Å². The fourth-order valence-electron chi connectivity index (χ4n) is 11.8. The van der Waals surface area contributed by atoms with E-state index >= 15 is 0 Å². The van der Waals surface area contributed by atoms with Crippen LogP contribution < -0.4 is 0 Å². The van der Waals surface area contributed by atoms with Gasteiger partial charge in [-0.2, -0.15) is 0 Å². The first-order chi connectivity index (χ1) is 32.8. The molecule has 13 aromatic rings. The highest BCUT2D eigenvalue weighted by atomic mass is 16.3. The summed E-state index contributed by atoms with van der Waals surface area (Å²) in [6.45, 7) is 0. The molecular weight excluding hydrogens is 797 g/mol. The van der Waals surface area contributed by atoms with Crippen LogP contribution in [-0.2, 0) is 5.41 Å². The molecule has 12 aromatic carbocycles. The number of rotatable bonds is 6. The summed E-state index contributed by atoms with van der Waals surface area (Å²) in [6.07, 6.45) is 0. The van der Waals surface area contributed by atoms with Gasteiger partial charge in [0.1, 0.15) is 11.2 Å². The van der Waals surface area contributed by atoms with Crippen LogP contribution >= 0.6 is 0 Å². The smallest absolute Gasteiger partial charge is 0.144 e. The first-order valence-electron chi connectivity index (χ1n) is 22.9. The van der Waals surface area contributed by atoms with Crippen LogP contribution in [0.25, 0.3) is 110 Å². The van der Waals surface area contributed by atoms with E-state index in [4.69, 9.17) is 4.42 Å². The zero-order valence-electron chi connectivity index (χ0n) is 36.0. The van der Waals surface area contributed by atoms with Gasteiger partial charge in [0, 0.05) is 16.3 Å². The lowest BCUT2D eigenvalue weighted by Gasteiger charge is -2.34. The molecule has 1 nitrogen and oxygen atoms in total. The molecule has 1 heteroatoms.